The minimum atomic E-state index is -0.898. The van der Waals surface area contributed by atoms with Gasteiger partial charge in [0.05, 0.1) is 13.0 Å². The largest absolute Gasteiger partial charge is 0.493 e. The zero-order chi connectivity index (χ0) is 26.5. The molecule has 4 nitrogen and oxygen atoms in total. The molecular weight excluding hydrogens is 475 g/mol. The van der Waals surface area contributed by atoms with Crippen molar-refractivity contribution in [2.24, 2.45) is 11.8 Å². The summed E-state index contributed by atoms with van der Waals surface area (Å²) in [6.07, 6.45) is 1.55. The quantitative estimate of drug-likeness (QED) is 0.341. The molecule has 1 aliphatic carbocycles. The Bertz CT molecular complexity index is 1160. The van der Waals surface area contributed by atoms with Crippen LogP contribution in [-0.2, 0) is 16.6 Å². The van der Waals surface area contributed by atoms with Crippen molar-refractivity contribution in [3.8, 4) is 5.75 Å². The lowest BCUT2D eigenvalue weighted by Crippen LogP contribution is -2.47. The van der Waals surface area contributed by atoms with Gasteiger partial charge in [0.25, 0.3) is 0 Å². The van der Waals surface area contributed by atoms with Crippen molar-refractivity contribution in [1.82, 2.24) is 9.80 Å². The number of hydrogen-bond donors (Lipinski definition) is 0. The fraction of sp³-hybridized carbons (Fsp3) is 0.424. The molecule has 38 heavy (non-hydrogen) atoms. The van der Waals surface area contributed by atoms with Crippen molar-refractivity contribution < 1.29 is 13.9 Å². The highest BCUT2D eigenvalue weighted by atomic mass is 19.1. The molecule has 0 aromatic heterocycles. The van der Waals surface area contributed by atoms with Crippen LogP contribution >= 0.6 is 0 Å². The van der Waals surface area contributed by atoms with Gasteiger partial charge in [-0.15, -0.1) is 0 Å². The van der Waals surface area contributed by atoms with Crippen LogP contribution in [0.25, 0.3) is 0 Å². The molecule has 2 fully saturated rings. The van der Waals surface area contributed by atoms with Crippen molar-refractivity contribution in [2.45, 2.75) is 37.3 Å². The second-order valence-corrected chi connectivity index (χ2v) is 11.1. The van der Waals surface area contributed by atoms with Gasteiger partial charge in [-0.2, -0.15) is 0 Å². The van der Waals surface area contributed by atoms with Crippen molar-refractivity contribution in [3.05, 3.63) is 102 Å². The Morgan fingerprint density at radius 1 is 0.947 bits per heavy atom. The molecule has 5 rings (SSSR count). The van der Waals surface area contributed by atoms with E-state index in [-0.39, 0.29) is 29.6 Å². The van der Waals surface area contributed by atoms with E-state index in [1.165, 1.54) is 11.1 Å². The molecule has 1 saturated heterocycles. The van der Waals surface area contributed by atoms with Crippen molar-refractivity contribution in [1.29, 1.82) is 0 Å². The van der Waals surface area contributed by atoms with Crippen LogP contribution < -0.4 is 4.74 Å². The summed E-state index contributed by atoms with van der Waals surface area (Å²) >= 11 is 0. The SMILES string of the molecule is CN(C)CCCOc1ccccc1CC(=O)N1CC2[C@H](C1)[C@H](F)CCC2(c1ccccc1)c1ccccc1. The highest BCUT2D eigenvalue weighted by molar-refractivity contribution is 5.80. The summed E-state index contributed by atoms with van der Waals surface area (Å²) in [4.78, 5) is 17.7. The molecule has 0 spiro atoms. The summed E-state index contributed by atoms with van der Waals surface area (Å²) < 4.78 is 21.6. The zero-order valence-corrected chi connectivity index (χ0v) is 22.6. The third-order valence-corrected chi connectivity index (χ3v) is 8.53. The number of hydrogen-bond acceptors (Lipinski definition) is 3. The van der Waals surface area contributed by atoms with Gasteiger partial charge in [-0.3, -0.25) is 4.79 Å². The van der Waals surface area contributed by atoms with Gasteiger partial charge in [-0.1, -0.05) is 78.9 Å². The first-order chi connectivity index (χ1) is 18.5. The molecule has 1 heterocycles. The van der Waals surface area contributed by atoms with Crippen LogP contribution in [0.15, 0.2) is 84.9 Å². The highest BCUT2D eigenvalue weighted by Gasteiger charge is 2.55. The van der Waals surface area contributed by atoms with E-state index in [2.05, 4.69) is 53.4 Å². The Balaban J connectivity index is 1.38. The molecule has 0 bridgehead atoms. The molecule has 1 amide bonds. The number of ether oxygens (including phenoxy) is 1. The van der Waals surface area contributed by atoms with E-state index in [9.17, 15) is 4.79 Å². The molecule has 200 valence electrons. The van der Waals surface area contributed by atoms with E-state index in [1.807, 2.05) is 55.4 Å². The maximum absolute atomic E-state index is 15.5. The van der Waals surface area contributed by atoms with Gasteiger partial charge in [0.2, 0.25) is 5.91 Å². The molecule has 0 radical (unpaired) electrons. The number of halogens is 1. The molecule has 0 N–H and O–H groups in total. The fourth-order valence-electron chi connectivity index (χ4n) is 6.67. The van der Waals surface area contributed by atoms with Gasteiger partial charge in [-0.05, 0) is 56.5 Å². The van der Waals surface area contributed by atoms with Crippen LogP contribution in [0, 0.1) is 11.8 Å². The van der Waals surface area contributed by atoms with Gasteiger partial charge in [0, 0.05) is 36.5 Å². The lowest BCUT2D eigenvalue weighted by molar-refractivity contribution is -0.129. The average molecular weight is 515 g/mol. The van der Waals surface area contributed by atoms with Gasteiger partial charge >= 0.3 is 0 Å². The second-order valence-electron chi connectivity index (χ2n) is 11.1. The van der Waals surface area contributed by atoms with Crippen LogP contribution in [-0.4, -0.2) is 62.2 Å². The topological polar surface area (TPSA) is 32.8 Å². The average Bonchev–Trinajstić information content (AvgIpc) is 3.41. The van der Waals surface area contributed by atoms with E-state index in [0.29, 0.717) is 26.1 Å². The summed E-state index contributed by atoms with van der Waals surface area (Å²) in [5, 5.41) is 0. The molecule has 3 aromatic rings. The first kappa shape index (κ1) is 26.4. The fourth-order valence-corrected chi connectivity index (χ4v) is 6.67. The number of carbonyl (C=O) groups is 1. The van der Waals surface area contributed by atoms with E-state index in [0.717, 1.165) is 30.7 Å². The Morgan fingerprint density at radius 2 is 1.58 bits per heavy atom. The number of amides is 1. The highest BCUT2D eigenvalue weighted by Crippen LogP contribution is 2.54. The van der Waals surface area contributed by atoms with Gasteiger partial charge < -0.3 is 14.5 Å². The molecule has 1 saturated carbocycles. The van der Waals surface area contributed by atoms with Crippen LogP contribution in [0.3, 0.4) is 0 Å². The second kappa shape index (κ2) is 11.7. The smallest absolute Gasteiger partial charge is 0.227 e. The number of nitrogens with zero attached hydrogens (tertiary/aromatic N) is 2. The molecule has 5 heteroatoms. The lowest BCUT2D eigenvalue weighted by atomic mass is 9.56. The zero-order valence-electron chi connectivity index (χ0n) is 22.6. The summed E-state index contributed by atoms with van der Waals surface area (Å²) in [5.74, 6) is 0.664. The van der Waals surface area contributed by atoms with Crippen molar-refractivity contribution >= 4 is 5.91 Å². The number of alkyl halides is 1. The van der Waals surface area contributed by atoms with Gasteiger partial charge in [-0.25, -0.2) is 4.39 Å². The predicted octanol–water partition coefficient (Wildman–Crippen LogP) is 5.75. The normalized spacial score (nSPS) is 22.3. The molecule has 2 aliphatic rings. The summed E-state index contributed by atoms with van der Waals surface area (Å²) in [7, 11) is 4.10. The van der Waals surface area contributed by atoms with Crippen LogP contribution in [0.5, 0.6) is 5.75 Å². The first-order valence-electron chi connectivity index (χ1n) is 13.9. The number of rotatable bonds is 9. The molecule has 1 aliphatic heterocycles. The summed E-state index contributed by atoms with van der Waals surface area (Å²) in [6, 6.07) is 28.9. The maximum atomic E-state index is 15.5. The van der Waals surface area contributed by atoms with Crippen molar-refractivity contribution in [3.63, 3.8) is 0 Å². The molecular formula is C33H39FN2O2. The Morgan fingerprint density at radius 3 is 2.24 bits per heavy atom. The molecule has 1 unspecified atom stereocenters. The Kier molecular flexibility index (Phi) is 8.13. The van der Waals surface area contributed by atoms with Gasteiger partial charge in [0.1, 0.15) is 11.9 Å². The monoisotopic (exact) mass is 514 g/mol. The summed E-state index contributed by atoms with van der Waals surface area (Å²) in [6.45, 7) is 2.60. The maximum Gasteiger partial charge on any atom is 0.227 e. The van der Waals surface area contributed by atoms with Crippen LogP contribution in [0.2, 0.25) is 0 Å². The summed E-state index contributed by atoms with van der Waals surface area (Å²) in [5.41, 5.74) is 3.03. The van der Waals surface area contributed by atoms with Crippen LogP contribution in [0.4, 0.5) is 4.39 Å². The Labute approximate surface area is 226 Å². The minimum Gasteiger partial charge on any atom is -0.493 e. The van der Waals surface area contributed by atoms with Crippen LogP contribution in [0.1, 0.15) is 36.0 Å². The first-order valence-corrected chi connectivity index (χ1v) is 13.9. The third kappa shape index (κ3) is 5.35. The van der Waals surface area contributed by atoms with E-state index >= 15 is 4.39 Å². The van der Waals surface area contributed by atoms with E-state index < -0.39 is 6.17 Å². The van der Waals surface area contributed by atoms with Gasteiger partial charge in [0.15, 0.2) is 0 Å². The van der Waals surface area contributed by atoms with Crippen molar-refractivity contribution in [2.75, 3.05) is 40.3 Å². The number of benzene rings is 3. The number of fused-ring (bicyclic) bond motifs is 1. The lowest BCUT2D eigenvalue weighted by Gasteiger charge is -2.47. The third-order valence-electron chi connectivity index (χ3n) is 8.53. The molecule has 3 aromatic carbocycles. The minimum absolute atomic E-state index is 0.0255. The number of likely N-dealkylation sites (tertiary alicyclic amines) is 1. The van der Waals surface area contributed by atoms with E-state index in [1.54, 1.807) is 0 Å². The predicted molar refractivity (Wildman–Crippen MR) is 150 cm³/mol. The number of para-hydroxylation sites is 1. The Hall–Kier alpha value is -3.18. The number of carbonyl (C=O) groups excluding carboxylic acids is 1. The standard InChI is InChI=1S/C33H39FN2O2/c1-35(2)20-11-21-38-31-17-10-9-12-25(31)22-32(37)36-23-28-29(24-36)33(19-18-30(28)34,26-13-5-3-6-14-26)27-15-7-4-8-16-27/h3-10,12-17,28-30H,11,18-24H2,1-2H3/t28-,29?,30+/m0/s1. The van der Waals surface area contributed by atoms with E-state index in [4.69, 9.17) is 4.74 Å². The molecule has 3 atom stereocenters.